The normalized spacial score (nSPS) is 24.0. The molecule has 8 heteroatoms. The molecule has 0 amide bonds. The van der Waals surface area contributed by atoms with Gasteiger partial charge in [0.15, 0.2) is 0 Å². The van der Waals surface area contributed by atoms with Crippen LogP contribution in [0.4, 0.5) is 17.3 Å². The van der Waals surface area contributed by atoms with E-state index in [1.165, 1.54) is 6.33 Å². The summed E-state index contributed by atoms with van der Waals surface area (Å²) in [4.78, 5) is 19.5. The molecule has 1 aromatic heterocycles. The molecule has 1 aromatic rings. The topological polar surface area (TPSA) is 118 Å². The Hall–Kier alpha value is -1.96. The number of nitro groups is 1. The molecule has 3 N–H and O–H groups in total. The van der Waals surface area contributed by atoms with Gasteiger partial charge in [-0.2, -0.15) is 0 Å². The van der Waals surface area contributed by atoms with Crippen molar-refractivity contribution in [1.29, 1.82) is 0 Å². The lowest BCUT2D eigenvalue weighted by molar-refractivity contribution is -0.383. The van der Waals surface area contributed by atoms with Crippen molar-refractivity contribution in [1.82, 2.24) is 9.97 Å². The van der Waals surface area contributed by atoms with Crippen molar-refractivity contribution in [3.63, 3.8) is 0 Å². The summed E-state index contributed by atoms with van der Waals surface area (Å²) in [6.45, 7) is 2.48. The molecule has 0 aliphatic carbocycles. The van der Waals surface area contributed by atoms with Gasteiger partial charge in [-0.05, 0) is 13.3 Å². The molecule has 2 rings (SSSR count). The third-order valence-electron chi connectivity index (χ3n) is 2.77. The number of aromatic nitrogens is 2. The second kappa shape index (κ2) is 3.81. The molecule has 0 saturated carbocycles. The van der Waals surface area contributed by atoms with Crippen molar-refractivity contribution < 1.29 is 10.0 Å². The fraction of sp³-hybridized carbons (Fsp3) is 0.556. The van der Waals surface area contributed by atoms with Gasteiger partial charge in [-0.25, -0.2) is 9.97 Å². The lowest BCUT2D eigenvalue weighted by atomic mass is 10.1. The first kappa shape index (κ1) is 11.5. The maximum absolute atomic E-state index is 10.9. The molecule has 0 spiro atoms. The summed E-state index contributed by atoms with van der Waals surface area (Å²) in [5.41, 5.74) is 4.32. The second-order valence-corrected chi connectivity index (χ2v) is 4.36. The van der Waals surface area contributed by atoms with Gasteiger partial charge in [-0.1, -0.05) is 0 Å². The third kappa shape index (κ3) is 2.11. The van der Waals surface area contributed by atoms with Gasteiger partial charge >= 0.3 is 5.69 Å². The molecule has 1 atom stereocenters. The number of nitrogens with two attached hydrogens (primary N) is 1. The van der Waals surface area contributed by atoms with E-state index in [0.717, 1.165) is 0 Å². The average Bonchev–Trinajstić information content (AvgIpc) is 2.57. The zero-order valence-electron chi connectivity index (χ0n) is 9.33. The van der Waals surface area contributed by atoms with E-state index < -0.39 is 10.5 Å². The number of aliphatic hydroxyl groups is 1. The van der Waals surface area contributed by atoms with Crippen LogP contribution in [0.1, 0.15) is 13.3 Å². The largest absolute Gasteiger partial charge is 0.388 e. The van der Waals surface area contributed by atoms with Crippen LogP contribution in [-0.2, 0) is 0 Å². The minimum absolute atomic E-state index is 0.161. The Morgan fingerprint density at radius 2 is 2.35 bits per heavy atom. The Kier molecular flexibility index (Phi) is 2.58. The SMILES string of the molecule is CC1(O)CCN(c2ncnc(N)c2[N+](=O)[O-])C1. The summed E-state index contributed by atoms with van der Waals surface area (Å²) >= 11 is 0. The van der Waals surface area contributed by atoms with Crippen molar-refractivity contribution in [3.05, 3.63) is 16.4 Å². The van der Waals surface area contributed by atoms with Gasteiger partial charge in [0.25, 0.3) is 0 Å². The van der Waals surface area contributed by atoms with Crippen LogP contribution in [0.3, 0.4) is 0 Å². The third-order valence-corrected chi connectivity index (χ3v) is 2.77. The maximum atomic E-state index is 10.9. The number of nitrogens with zero attached hydrogens (tertiary/aromatic N) is 4. The van der Waals surface area contributed by atoms with Crippen molar-refractivity contribution in [2.24, 2.45) is 0 Å². The highest BCUT2D eigenvalue weighted by Gasteiger charge is 2.36. The summed E-state index contributed by atoms with van der Waals surface area (Å²) in [7, 11) is 0. The smallest absolute Gasteiger partial charge is 0.353 e. The predicted molar refractivity (Wildman–Crippen MR) is 60.6 cm³/mol. The van der Waals surface area contributed by atoms with Crippen LogP contribution in [0, 0.1) is 10.1 Å². The van der Waals surface area contributed by atoms with Crippen molar-refractivity contribution in [3.8, 4) is 0 Å². The first-order valence-corrected chi connectivity index (χ1v) is 5.13. The molecule has 1 unspecified atom stereocenters. The summed E-state index contributed by atoms with van der Waals surface area (Å²) in [6.07, 6.45) is 1.72. The van der Waals surface area contributed by atoms with Gasteiger partial charge in [0.05, 0.1) is 10.5 Å². The summed E-state index contributed by atoms with van der Waals surface area (Å²) in [5.74, 6) is 0.00631. The van der Waals surface area contributed by atoms with E-state index in [2.05, 4.69) is 9.97 Å². The number of anilines is 2. The van der Waals surface area contributed by atoms with Crippen LogP contribution in [0.25, 0.3) is 0 Å². The molecular formula is C9H13N5O3. The summed E-state index contributed by atoms with van der Waals surface area (Å²) < 4.78 is 0. The Bertz CT molecular complexity index is 462. The van der Waals surface area contributed by atoms with Gasteiger partial charge in [-0.3, -0.25) is 10.1 Å². The molecule has 1 fully saturated rings. The number of rotatable bonds is 2. The van der Waals surface area contributed by atoms with E-state index in [1.54, 1.807) is 11.8 Å². The van der Waals surface area contributed by atoms with E-state index in [0.29, 0.717) is 19.5 Å². The van der Waals surface area contributed by atoms with Crippen LogP contribution in [0.5, 0.6) is 0 Å². The lowest BCUT2D eigenvalue weighted by Crippen LogP contribution is -2.30. The average molecular weight is 239 g/mol. The Morgan fingerprint density at radius 3 is 2.88 bits per heavy atom. The van der Waals surface area contributed by atoms with E-state index in [9.17, 15) is 15.2 Å². The molecule has 0 bridgehead atoms. The zero-order valence-corrected chi connectivity index (χ0v) is 9.33. The molecule has 0 aromatic carbocycles. The van der Waals surface area contributed by atoms with E-state index in [4.69, 9.17) is 5.73 Å². The first-order chi connectivity index (χ1) is 7.91. The molecule has 1 aliphatic heterocycles. The van der Waals surface area contributed by atoms with Crippen LogP contribution < -0.4 is 10.6 Å². The van der Waals surface area contributed by atoms with Crippen molar-refractivity contribution >= 4 is 17.3 Å². The number of hydrogen-bond acceptors (Lipinski definition) is 7. The number of β-amino-alcohol motifs (C(OH)–C–C–N with tert-alkyl or cyclic N) is 1. The van der Waals surface area contributed by atoms with Crippen molar-refractivity contribution in [2.75, 3.05) is 23.7 Å². The number of hydrogen-bond donors (Lipinski definition) is 2. The van der Waals surface area contributed by atoms with Crippen LogP contribution >= 0.6 is 0 Å². The van der Waals surface area contributed by atoms with Gasteiger partial charge in [0.2, 0.25) is 11.6 Å². The fourth-order valence-electron chi connectivity index (χ4n) is 1.92. The number of nitrogen functional groups attached to an aromatic ring is 1. The Balaban J connectivity index is 2.40. The highest BCUT2D eigenvalue weighted by molar-refractivity contribution is 5.68. The molecular weight excluding hydrogens is 226 g/mol. The lowest BCUT2D eigenvalue weighted by Gasteiger charge is -2.19. The predicted octanol–water partition coefficient (Wildman–Crippen LogP) is -0.0719. The highest BCUT2D eigenvalue weighted by Crippen LogP contribution is 2.33. The standard InChI is InChI=1S/C9H13N5O3/c1-9(15)2-3-13(4-9)8-6(14(16)17)7(10)11-5-12-8/h5,15H,2-4H2,1H3,(H2,10,11,12). The highest BCUT2D eigenvalue weighted by atomic mass is 16.6. The molecule has 2 heterocycles. The molecule has 8 nitrogen and oxygen atoms in total. The monoisotopic (exact) mass is 239 g/mol. The quantitative estimate of drug-likeness (QED) is 0.547. The van der Waals surface area contributed by atoms with Gasteiger partial charge in [-0.15, -0.1) is 0 Å². The Morgan fingerprint density at radius 1 is 1.65 bits per heavy atom. The van der Waals surface area contributed by atoms with E-state index in [1.807, 2.05) is 0 Å². The minimum Gasteiger partial charge on any atom is -0.388 e. The van der Waals surface area contributed by atoms with Crippen LogP contribution in [0.2, 0.25) is 0 Å². The maximum Gasteiger partial charge on any atom is 0.353 e. The van der Waals surface area contributed by atoms with Crippen LogP contribution in [-0.4, -0.2) is 38.7 Å². The van der Waals surface area contributed by atoms with E-state index in [-0.39, 0.29) is 17.3 Å². The van der Waals surface area contributed by atoms with Gasteiger partial charge < -0.3 is 15.7 Å². The fourth-order valence-corrected chi connectivity index (χ4v) is 1.92. The minimum atomic E-state index is -0.854. The van der Waals surface area contributed by atoms with Crippen molar-refractivity contribution in [2.45, 2.75) is 18.9 Å². The molecule has 92 valence electrons. The van der Waals surface area contributed by atoms with Gasteiger partial charge in [0, 0.05) is 13.1 Å². The zero-order chi connectivity index (χ0) is 12.6. The first-order valence-electron chi connectivity index (χ1n) is 5.13. The molecule has 1 aliphatic rings. The Labute approximate surface area is 97.2 Å². The summed E-state index contributed by atoms with van der Waals surface area (Å²) in [5, 5.41) is 20.8. The summed E-state index contributed by atoms with van der Waals surface area (Å²) in [6, 6.07) is 0. The molecule has 1 saturated heterocycles. The second-order valence-electron chi connectivity index (χ2n) is 4.36. The van der Waals surface area contributed by atoms with E-state index >= 15 is 0 Å². The van der Waals surface area contributed by atoms with Crippen LogP contribution in [0.15, 0.2) is 6.33 Å². The van der Waals surface area contributed by atoms with Gasteiger partial charge in [0.1, 0.15) is 6.33 Å². The molecule has 0 radical (unpaired) electrons. The molecule has 17 heavy (non-hydrogen) atoms.